The Kier molecular flexibility index (Phi) is 9.89. The van der Waals surface area contributed by atoms with Gasteiger partial charge in [0, 0.05) is 35.6 Å². The standard InChI is InChI=1S/C19H17N9O3.C19H15N9O3/c2*1-8(23-19(30)15-10-3-4-14(29)26-16(10)22-7-21-15)13-5-11(28-31-13)17-25-12-6-20-9(2)24-18(12)27-17/h5-8H,3-4H2,1-2H3,(H,23,30)(H,20,24,25,27)(H,21,22,26,29);3-8H,1-2H3,(H,23,30)(H,20,24,25,27)(H,21,22,26,29)/t2*8-/m11/s1. The van der Waals surface area contributed by atoms with E-state index in [-0.39, 0.29) is 34.9 Å². The van der Waals surface area contributed by atoms with E-state index in [0.717, 1.165) is 0 Å². The van der Waals surface area contributed by atoms with Gasteiger partial charge in [-0.1, -0.05) is 10.3 Å². The van der Waals surface area contributed by atoms with E-state index in [1.54, 1.807) is 52.2 Å². The number of carbonyl (C=O) groups is 3. The SMILES string of the molecule is Cc1ncc2[nH]c(-c3cc([C@@H](C)NC(=O)c4ncnc5[nH]c(=O)ccc45)on3)nc2n1.Cc1ncc2[nH]c(-c3cc([C@@H](C)NC(=O)c4ncnc5c4CCC(=O)N5)on3)nc2n1. The fourth-order valence-electron chi connectivity index (χ4n) is 6.45. The summed E-state index contributed by atoms with van der Waals surface area (Å²) in [4.78, 5) is 99.1. The lowest BCUT2D eigenvalue weighted by Crippen LogP contribution is -2.30. The maximum atomic E-state index is 12.8. The Morgan fingerprint density at radius 3 is 1.85 bits per heavy atom. The van der Waals surface area contributed by atoms with Gasteiger partial charge in [0.25, 0.3) is 11.8 Å². The summed E-state index contributed by atoms with van der Waals surface area (Å²) in [5.74, 6) is 2.48. The van der Waals surface area contributed by atoms with Gasteiger partial charge in [0.05, 0.1) is 24.5 Å². The Bertz CT molecular complexity index is 3260. The summed E-state index contributed by atoms with van der Waals surface area (Å²) in [6, 6.07) is 5.20. The number of rotatable bonds is 8. The predicted octanol–water partition coefficient (Wildman–Crippen LogP) is 2.92. The number of anilines is 1. The number of H-pyrrole nitrogens is 3. The number of amides is 3. The van der Waals surface area contributed by atoms with Gasteiger partial charge in [-0.05, 0) is 40.2 Å². The van der Waals surface area contributed by atoms with Gasteiger partial charge in [0.2, 0.25) is 11.5 Å². The van der Waals surface area contributed by atoms with Crippen molar-refractivity contribution in [1.82, 2.24) is 85.7 Å². The first-order chi connectivity index (χ1) is 29.9. The number of hydrogen-bond donors (Lipinski definition) is 6. The van der Waals surface area contributed by atoms with Gasteiger partial charge in [0.1, 0.15) is 69.6 Å². The maximum absolute atomic E-state index is 12.8. The third-order valence-corrected chi connectivity index (χ3v) is 9.57. The minimum absolute atomic E-state index is 0.133. The average molecular weight is 837 g/mol. The highest BCUT2D eigenvalue weighted by atomic mass is 16.5. The number of aryl methyl sites for hydroxylation is 2. The molecule has 9 aromatic rings. The van der Waals surface area contributed by atoms with Gasteiger partial charge in [-0.15, -0.1) is 0 Å². The molecule has 24 nitrogen and oxygen atoms in total. The zero-order chi connectivity index (χ0) is 43.1. The third-order valence-electron chi connectivity index (χ3n) is 9.57. The van der Waals surface area contributed by atoms with Crippen molar-refractivity contribution < 1.29 is 23.4 Å². The molecule has 0 bridgehead atoms. The molecular weight excluding hydrogens is 805 g/mol. The van der Waals surface area contributed by atoms with Gasteiger partial charge < -0.3 is 39.9 Å². The second kappa shape index (κ2) is 15.8. The van der Waals surface area contributed by atoms with Crippen LogP contribution in [-0.4, -0.2) is 92.8 Å². The van der Waals surface area contributed by atoms with Crippen LogP contribution in [0.4, 0.5) is 5.82 Å². The second-order valence-corrected chi connectivity index (χ2v) is 14.0. The van der Waals surface area contributed by atoms with Crippen LogP contribution in [0, 0.1) is 13.8 Å². The van der Waals surface area contributed by atoms with Crippen LogP contribution in [0.2, 0.25) is 0 Å². The molecule has 9 aromatic heterocycles. The van der Waals surface area contributed by atoms with Crippen molar-refractivity contribution in [3.05, 3.63) is 99.8 Å². The Hall–Kier alpha value is -8.70. The van der Waals surface area contributed by atoms with Gasteiger partial charge in [-0.2, -0.15) is 0 Å². The fourth-order valence-corrected chi connectivity index (χ4v) is 6.45. The molecule has 0 saturated heterocycles. The van der Waals surface area contributed by atoms with E-state index in [4.69, 9.17) is 9.05 Å². The first-order valence-corrected chi connectivity index (χ1v) is 18.9. The van der Waals surface area contributed by atoms with E-state index in [1.165, 1.54) is 24.8 Å². The highest BCUT2D eigenvalue weighted by Gasteiger charge is 2.26. The zero-order valence-electron chi connectivity index (χ0n) is 33.0. The van der Waals surface area contributed by atoms with Gasteiger partial charge in [-0.3, -0.25) is 19.2 Å². The van der Waals surface area contributed by atoms with Crippen molar-refractivity contribution in [3.63, 3.8) is 0 Å². The molecule has 1 aliphatic rings. The lowest BCUT2D eigenvalue weighted by Gasteiger charge is -2.18. The number of nitrogens with one attached hydrogen (secondary N) is 6. The van der Waals surface area contributed by atoms with E-state index in [9.17, 15) is 19.2 Å². The molecule has 0 aliphatic carbocycles. The summed E-state index contributed by atoms with van der Waals surface area (Å²) in [5.41, 5.74) is 4.33. The quantitative estimate of drug-likeness (QED) is 0.128. The molecule has 6 N–H and O–H groups in total. The summed E-state index contributed by atoms with van der Waals surface area (Å²) in [6.07, 6.45) is 6.46. The largest absolute Gasteiger partial charge is 0.358 e. The summed E-state index contributed by atoms with van der Waals surface area (Å²) in [7, 11) is 0. The van der Waals surface area contributed by atoms with Crippen molar-refractivity contribution in [2.24, 2.45) is 0 Å². The highest BCUT2D eigenvalue weighted by Crippen LogP contribution is 2.26. The molecule has 0 saturated carbocycles. The van der Waals surface area contributed by atoms with Crippen LogP contribution in [0.25, 0.3) is 56.4 Å². The summed E-state index contributed by atoms with van der Waals surface area (Å²) in [5, 5.41) is 16.8. The number of carbonyl (C=O) groups excluding carboxylic acids is 3. The van der Waals surface area contributed by atoms with E-state index in [0.29, 0.717) is 91.7 Å². The van der Waals surface area contributed by atoms with Gasteiger partial charge >= 0.3 is 0 Å². The van der Waals surface area contributed by atoms with E-state index in [2.05, 4.69) is 91.1 Å². The van der Waals surface area contributed by atoms with E-state index >= 15 is 0 Å². The van der Waals surface area contributed by atoms with Crippen molar-refractivity contribution in [1.29, 1.82) is 0 Å². The number of aromatic nitrogens is 15. The van der Waals surface area contributed by atoms with Crippen LogP contribution in [0.3, 0.4) is 0 Å². The van der Waals surface area contributed by atoms with Crippen LogP contribution in [-0.2, 0) is 11.2 Å². The van der Waals surface area contributed by atoms with Crippen LogP contribution >= 0.6 is 0 Å². The summed E-state index contributed by atoms with van der Waals surface area (Å²) >= 11 is 0. The summed E-state index contributed by atoms with van der Waals surface area (Å²) in [6.45, 7) is 7.09. The molecule has 3 amide bonds. The van der Waals surface area contributed by atoms with Crippen LogP contribution < -0.4 is 21.5 Å². The predicted molar refractivity (Wildman–Crippen MR) is 215 cm³/mol. The van der Waals surface area contributed by atoms with Crippen molar-refractivity contribution in [2.45, 2.75) is 52.6 Å². The molecule has 10 heterocycles. The molecule has 0 unspecified atom stereocenters. The monoisotopic (exact) mass is 836 g/mol. The normalized spacial score (nSPS) is 13.3. The molecule has 10 rings (SSSR count). The van der Waals surface area contributed by atoms with Crippen molar-refractivity contribution >= 4 is 56.9 Å². The lowest BCUT2D eigenvalue weighted by atomic mass is 10.0. The molecule has 62 heavy (non-hydrogen) atoms. The number of nitrogens with zero attached hydrogens (tertiary/aromatic N) is 12. The Balaban J connectivity index is 0.000000158. The molecular formula is C38H32N18O6. The number of aromatic amines is 3. The molecule has 0 spiro atoms. The topological polar surface area (TPSA) is 333 Å². The minimum Gasteiger partial charge on any atom is -0.358 e. The van der Waals surface area contributed by atoms with Crippen molar-refractivity contribution in [2.75, 3.05) is 5.32 Å². The molecule has 0 aromatic carbocycles. The lowest BCUT2D eigenvalue weighted by molar-refractivity contribution is -0.116. The molecule has 1 aliphatic heterocycles. The molecule has 24 heteroatoms. The Labute approximate surface area is 346 Å². The van der Waals surface area contributed by atoms with Gasteiger partial charge in [0.15, 0.2) is 34.5 Å². The van der Waals surface area contributed by atoms with Gasteiger partial charge in [-0.25, -0.2) is 49.8 Å². The molecule has 2 atom stereocenters. The summed E-state index contributed by atoms with van der Waals surface area (Å²) < 4.78 is 10.8. The molecule has 310 valence electrons. The fraction of sp³-hybridized carbons (Fsp3) is 0.211. The Morgan fingerprint density at radius 1 is 0.677 bits per heavy atom. The van der Waals surface area contributed by atoms with E-state index < -0.39 is 23.9 Å². The maximum Gasteiger partial charge on any atom is 0.271 e. The third kappa shape index (κ3) is 7.76. The minimum atomic E-state index is -0.507. The highest BCUT2D eigenvalue weighted by molar-refractivity contribution is 6.03. The first-order valence-electron chi connectivity index (χ1n) is 18.9. The molecule has 0 radical (unpaired) electrons. The van der Waals surface area contributed by atoms with Crippen molar-refractivity contribution in [3.8, 4) is 23.0 Å². The number of imidazole rings is 2. The Morgan fingerprint density at radius 2 is 1.24 bits per heavy atom. The van der Waals surface area contributed by atoms with Crippen LogP contribution in [0.5, 0.6) is 0 Å². The number of pyridine rings is 1. The zero-order valence-corrected chi connectivity index (χ0v) is 33.0. The molecule has 0 fully saturated rings. The second-order valence-electron chi connectivity index (χ2n) is 14.0. The van der Waals surface area contributed by atoms with Crippen LogP contribution in [0.1, 0.15) is 82.1 Å². The first kappa shape index (κ1) is 38.8. The average Bonchev–Trinajstić information content (AvgIpc) is 4.09. The number of hydrogen-bond acceptors (Lipinski definition) is 18. The smallest absolute Gasteiger partial charge is 0.271 e. The van der Waals surface area contributed by atoms with E-state index in [1.807, 2.05) is 0 Å². The number of fused-ring (bicyclic) bond motifs is 4. The van der Waals surface area contributed by atoms with Crippen LogP contribution in [0.15, 0.2) is 63.2 Å².